The topological polar surface area (TPSA) is 64.7 Å². The zero-order chi connectivity index (χ0) is 9.07. The van der Waals surface area contributed by atoms with E-state index >= 15 is 0 Å². The van der Waals surface area contributed by atoms with E-state index in [2.05, 4.69) is 0 Å². The first kappa shape index (κ1) is 9.44. The highest BCUT2D eigenvalue weighted by atomic mass is 19.4. The summed E-state index contributed by atoms with van der Waals surface area (Å²) in [5.41, 5.74) is 0. The SMILES string of the molecule is N#CC(C#N)C(=O)C(F)(F)F. The number of carbonyl (C=O) groups is 1. The van der Waals surface area contributed by atoms with Gasteiger partial charge in [0, 0.05) is 0 Å². The fourth-order valence-corrected chi connectivity index (χ4v) is 0.310. The highest BCUT2D eigenvalue weighted by Gasteiger charge is 2.43. The van der Waals surface area contributed by atoms with Gasteiger partial charge in [-0.1, -0.05) is 0 Å². The second kappa shape index (κ2) is 3.02. The predicted octanol–water partition coefficient (Wildman–Crippen LogP) is 0.781. The van der Waals surface area contributed by atoms with Crippen molar-refractivity contribution in [2.75, 3.05) is 0 Å². The Balaban J connectivity index is 4.55. The summed E-state index contributed by atoms with van der Waals surface area (Å²) in [7, 11) is 0. The van der Waals surface area contributed by atoms with Crippen LogP contribution in [0.2, 0.25) is 0 Å². The van der Waals surface area contributed by atoms with Crippen LogP contribution in [0, 0.1) is 28.6 Å². The first-order valence-corrected chi connectivity index (χ1v) is 2.33. The predicted molar refractivity (Wildman–Crippen MR) is 25.8 cm³/mol. The van der Waals surface area contributed by atoms with E-state index in [9.17, 15) is 18.0 Å². The third kappa shape index (κ3) is 2.26. The molecule has 3 nitrogen and oxygen atoms in total. The van der Waals surface area contributed by atoms with Gasteiger partial charge in [0.05, 0.1) is 12.1 Å². The molecule has 0 saturated carbocycles. The maximum atomic E-state index is 11.4. The zero-order valence-corrected chi connectivity index (χ0v) is 5.01. The van der Waals surface area contributed by atoms with Crippen LogP contribution in [0.3, 0.4) is 0 Å². The number of nitriles is 2. The van der Waals surface area contributed by atoms with Crippen LogP contribution in [0.15, 0.2) is 0 Å². The number of Topliss-reactive ketones (excluding diaryl/α,β-unsaturated/α-hetero) is 1. The molecular weight excluding hydrogens is 161 g/mol. The summed E-state index contributed by atoms with van der Waals surface area (Å²) < 4.78 is 34.3. The number of hydrogen-bond acceptors (Lipinski definition) is 3. The Kier molecular flexibility index (Phi) is 2.59. The minimum atomic E-state index is -5.10. The molecular formula is C5HF3N2O. The summed E-state index contributed by atoms with van der Waals surface area (Å²) in [6, 6.07) is 1.85. The highest BCUT2D eigenvalue weighted by Crippen LogP contribution is 2.20. The molecule has 0 amide bonds. The lowest BCUT2D eigenvalue weighted by atomic mass is 10.1. The van der Waals surface area contributed by atoms with Crippen LogP contribution in [-0.2, 0) is 4.79 Å². The zero-order valence-electron chi connectivity index (χ0n) is 5.01. The molecule has 0 N–H and O–H groups in total. The van der Waals surface area contributed by atoms with Crippen molar-refractivity contribution < 1.29 is 18.0 Å². The number of hydrogen-bond donors (Lipinski definition) is 0. The van der Waals surface area contributed by atoms with E-state index in [1.54, 1.807) is 0 Å². The Labute approximate surface area is 59.6 Å². The van der Waals surface area contributed by atoms with E-state index < -0.39 is 17.9 Å². The molecule has 58 valence electrons. The molecule has 0 aromatic carbocycles. The molecule has 0 aliphatic carbocycles. The third-order valence-electron chi connectivity index (χ3n) is 0.800. The van der Waals surface area contributed by atoms with E-state index in [-0.39, 0.29) is 0 Å². The van der Waals surface area contributed by atoms with Crippen molar-refractivity contribution >= 4 is 5.78 Å². The first-order valence-electron chi connectivity index (χ1n) is 2.33. The number of rotatable bonds is 1. The average Bonchev–Trinajstić information content (AvgIpc) is 1.88. The molecule has 0 atom stereocenters. The molecule has 0 heterocycles. The Morgan fingerprint density at radius 2 is 1.64 bits per heavy atom. The fraction of sp³-hybridized carbons (Fsp3) is 0.400. The summed E-state index contributed by atoms with van der Waals surface area (Å²) in [6.45, 7) is 0. The number of ketones is 1. The molecule has 0 aliphatic rings. The third-order valence-corrected chi connectivity index (χ3v) is 0.800. The first-order chi connectivity index (χ1) is 4.93. The van der Waals surface area contributed by atoms with Crippen LogP contribution in [0.25, 0.3) is 0 Å². The normalized spacial score (nSPS) is 10.4. The molecule has 0 rings (SSSR count). The molecule has 6 heteroatoms. The van der Waals surface area contributed by atoms with Crippen molar-refractivity contribution in [3.05, 3.63) is 0 Å². The van der Waals surface area contributed by atoms with Crippen molar-refractivity contribution in [1.29, 1.82) is 10.5 Å². The second-order valence-corrected chi connectivity index (χ2v) is 1.55. The van der Waals surface area contributed by atoms with E-state index in [1.807, 2.05) is 0 Å². The monoisotopic (exact) mass is 162 g/mol. The number of halogens is 3. The van der Waals surface area contributed by atoms with E-state index in [0.717, 1.165) is 12.1 Å². The smallest absolute Gasteiger partial charge is 0.287 e. The van der Waals surface area contributed by atoms with Gasteiger partial charge in [0.25, 0.3) is 5.78 Å². The maximum absolute atomic E-state index is 11.4. The lowest BCUT2D eigenvalue weighted by Gasteiger charge is -2.02. The van der Waals surface area contributed by atoms with Crippen LogP contribution in [-0.4, -0.2) is 12.0 Å². The standard InChI is InChI=1S/C5HF3N2O/c6-5(7,8)4(11)3(1-9)2-10/h3H. The summed E-state index contributed by atoms with van der Waals surface area (Å²) >= 11 is 0. The van der Waals surface area contributed by atoms with Crippen LogP contribution in [0.5, 0.6) is 0 Å². The largest absolute Gasteiger partial charge is 0.452 e. The average molecular weight is 162 g/mol. The maximum Gasteiger partial charge on any atom is 0.452 e. The Morgan fingerprint density at radius 1 is 1.27 bits per heavy atom. The van der Waals surface area contributed by atoms with Crippen molar-refractivity contribution in [2.24, 2.45) is 5.92 Å². The van der Waals surface area contributed by atoms with Crippen LogP contribution < -0.4 is 0 Å². The van der Waals surface area contributed by atoms with Gasteiger partial charge in [0.15, 0.2) is 0 Å². The van der Waals surface area contributed by atoms with Crippen molar-refractivity contribution in [3.8, 4) is 12.1 Å². The molecule has 0 saturated heterocycles. The molecule has 0 aromatic heterocycles. The number of nitrogens with zero attached hydrogens (tertiary/aromatic N) is 2. The molecule has 0 aliphatic heterocycles. The van der Waals surface area contributed by atoms with Gasteiger partial charge >= 0.3 is 6.18 Å². The van der Waals surface area contributed by atoms with Gasteiger partial charge < -0.3 is 0 Å². The van der Waals surface area contributed by atoms with Gasteiger partial charge in [0.1, 0.15) is 0 Å². The van der Waals surface area contributed by atoms with Crippen molar-refractivity contribution in [3.63, 3.8) is 0 Å². The minimum absolute atomic E-state index is 0.927. The summed E-state index contributed by atoms with van der Waals surface area (Å²) in [5, 5.41) is 15.7. The molecule has 0 fully saturated rings. The summed E-state index contributed by atoms with van der Waals surface area (Å²) in [4.78, 5) is 10.1. The minimum Gasteiger partial charge on any atom is -0.287 e. The van der Waals surface area contributed by atoms with Gasteiger partial charge in [-0.2, -0.15) is 23.7 Å². The molecule has 0 bridgehead atoms. The van der Waals surface area contributed by atoms with E-state index in [0.29, 0.717) is 0 Å². The highest BCUT2D eigenvalue weighted by molar-refractivity contribution is 5.90. The van der Waals surface area contributed by atoms with Crippen LogP contribution in [0.1, 0.15) is 0 Å². The van der Waals surface area contributed by atoms with Crippen LogP contribution in [0.4, 0.5) is 13.2 Å². The van der Waals surface area contributed by atoms with Gasteiger partial charge in [-0.15, -0.1) is 0 Å². The Hall–Kier alpha value is -1.56. The van der Waals surface area contributed by atoms with Crippen molar-refractivity contribution in [2.45, 2.75) is 6.18 Å². The van der Waals surface area contributed by atoms with E-state index in [4.69, 9.17) is 10.5 Å². The summed E-state index contributed by atoms with van der Waals surface area (Å²) in [5.74, 6) is -4.56. The van der Waals surface area contributed by atoms with Crippen molar-refractivity contribution in [1.82, 2.24) is 0 Å². The summed E-state index contributed by atoms with van der Waals surface area (Å²) in [6.07, 6.45) is -5.10. The van der Waals surface area contributed by atoms with Gasteiger partial charge in [-0.05, 0) is 0 Å². The molecule has 0 aromatic rings. The van der Waals surface area contributed by atoms with Gasteiger partial charge in [-0.25, -0.2) is 0 Å². The number of alkyl halides is 3. The fourth-order valence-electron chi connectivity index (χ4n) is 0.310. The molecule has 0 radical (unpaired) electrons. The van der Waals surface area contributed by atoms with Crippen LogP contribution >= 0.6 is 0 Å². The quantitative estimate of drug-likeness (QED) is 0.572. The lowest BCUT2D eigenvalue weighted by Crippen LogP contribution is -2.28. The Bertz CT molecular complexity index is 230. The Morgan fingerprint density at radius 3 is 1.73 bits per heavy atom. The lowest BCUT2D eigenvalue weighted by molar-refractivity contribution is -0.172. The van der Waals surface area contributed by atoms with Gasteiger partial charge in [0.2, 0.25) is 5.92 Å². The molecule has 0 spiro atoms. The molecule has 0 unspecified atom stereocenters. The number of carbonyl (C=O) groups excluding carboxylic acids is 1. The van der Waals surface area contributed by atoms with Gasteiger partial charge in [-0.3, -0.25) is 4.79 Å². The second-order valence-electron chi connectivity index (χ2n) is 1.55. The molecule has 11 heavy (non-hydrogen) atoms. The van der Waals surface area contributed by atoms with E-state index in [1.165, 1.54) is 0 Å².